The van der Waals surface area contributed by atoms with Crippen molar-refractivity contribution >= 4 is 23.5 Å². The molecule has 0 radical (unpaired) electrons. The maximum absolute atomic E-state index is 12.3. The summed E-state index contributed by atoms with van der Waals surface area (Å²) < 4.78 is 6.95. The van der Waals surface area contributed by atoms with Crippen LogP contribution in [0, 0.1) is 20.8 Å². The molecule has 0 aliphatic carbocycles. The number of imidazole rings is 1. The number of anilines is 1. The molecule has 0 spiro atoms. The van der Waals surface area contributed by atoms with Crippen LogP contribution in [0.5, 0.6) is 0 Å². The summed E-state index contributed by atoms with van der Waals surface area (Å²) in [5.74, 6) is 0.932. The van der Waals surface area contributed by atoms with Crippen LogP contribution in [0.4, 0.5) is 5.82 Å². The van der Waals surface area contributed by atoms with Crippen LogP contribution in [0.3, 0.4) is 0 Å². The second-order valence-electron chi connectivity index (χ2n) is 5.92. The number of nitrogens with zero attached hydrogens (tertiary/aromatic N) is 3. The lowest BCUT2D eigenvalue weighted by atomic mass is 10.1. The Morgan fingerprint density at radius 1 is 1.24 bits per heavy atom. The number of benzene rings is 1. The highest BCUT2D eigenvalue weighted by molar-refractivity contribution is 8.00. The number of amides is 1. The van der Waals surface area contributed by atoms with Crippen molar-refractivity contribution in [3.05, 3.63) is 53.5 Å². The summed E-state index contributed by atoms with van der Waals surface area (Å²) in [5.41, 5.74) is 3.49. The minimum absolute atomic E-state index is 0.145. The van der Waals surface area contributed by atoms with Gasteiger partial charge in [-0.05, 0) is 51.0 Å². The van der Waals surface area contributed by atoms with Crippen LogP contribution in [0.15, 0.2) is 46.3 Å². The Bertz CT molecular complexity index is 900. The molecule has 3 rings (SSSR count). The molecule has 130 valence electrons. The monoisotopic (exact) mass is 356 g/mol. The minimum atomic E-state index is -0.329. The van der Waals surface area contributed by atoms with Crippen LogP contribution >= 0.6 is 11.8 Å². The van der Waals surface area contributed by atoms with Crippen LogP contribution in [-0.4, -0.2) is 25.9 Å². The molecule has 1 aromatic carbocycles. The SMILES string of the molecule is Cc1cc(NC(=O)[C@@H](C)Sc2nccn2-c2ccc(C)c(C)c2)no1. The van der Waals surface area contributed by atoms with Crippen molar-refractivity contribution in [2.75, 3.05) is 5.32 Å². The summed E-state index contributed by atoms with van der Waals surface area (Å²) in [6, 6.07) is 7.94. The molecular weight excluding hydrogens is 336 g/mol. The fourth-order valence-electron chi connectivity index (χ4n) is 2.31. The largest absolute Gasteiger partial charge is 0.360 e. The number of hydrogen-bond donors (Lipinski definition) is 1. The van der Waals surface area contributed by atoms with Gasteiger partial charge in [-0.1, -0.05) is 23.0 Å². The molecule has 0 aliphatic rings. The average Bonchev–Trinajstić information content (AvgIpc) is 3.19. The van der Waals surface area contributed by atoms with Crippen molar-refractivity contribution in [3.8, 4) is 5.69 Å². The second-order valence-corrected chi connectivity index (χ2v) is 7.23. The molecule has 3 aromatic rings. The number of carbonyl (C=O) groups excluding carboxylic acids is 1. The Morgan fingerprint density at radius 2 is 2.04 bits per heavy atom. The number of rotatable bonds is 5. The van der Waals surface area contributed by atoms with Gasteiger partial charge in [0, 0.05) is 24.1 Å². The maximum Gasteiger partial charge on any atom is 0.238 e. The van der Waals surface area contributed by atoms with Crippen molar-refractivity contribution in [3.63, 3.8) is 0 Å². The van der Waals surface area contributed by atoms with Crippen LogP contribution < -0.4 is 5.32 Å². The van der Waals surface area contributed by atoms with Crippen molar-refractivity contribution < 1.29 is 9.32 Å². The molecule has 0 saturated heterocycles. The number of thioether (sulfide) groups is 1. The van der Waals surface area contributed by atoms with Gasteiger partial charge in [-0.3, -0.25) is 9.36 Å². The Balaban J connectivity index is 1.73. The van der Waals surface area contributed by atoms with E-state index in [4.69, 9.17) is 4.52 Å². The van der Waals surface area contributed by atoms with Crippen molar-refractivity contribution in [2.45, 2.75) is 38.1 Å². The second kappa shape index (κ2) is 7.14. The van der Waals surface area contributed by atoms with E-state index in [1.54, 1.807) is 19.2 Å². The highest BCUT2D eigenvalue weighted by atomic mass is 32.2. The Kier molecular flexibility index (Phi) is 4.94. The predicted molar refractivity (Wildman–Crippen MR) is 98.2 cm³/mol. The van der Waals surface area contributed by atoms with Gasteiger partial charge in [0.25, 0.3) is 0 Å². The third-order valence-corrected chi connectivity index (χ3v) is 4.99. The van der Waals surface area contributed by atoms with Crippen molar-refractivity contribution in [2.24, 2.45) is 0 Å². The highest BCUT2D eigenvalue weighted by Crippen LogP contribution is 2.26. The zero-order valence-electron chi connectivity index (χ0n) is 14.6. The predicted octanol–water partition coefficient (Wildman–Crippen LogP) is 3.90. The van der Waals surface area contributed by atoms with E-state index in [1.165, 1.54) is 22.9 Å². The first-order chi connectivity index (χ1) is 11.9. The lowest BCUT2D eigenvalue weighted by molar-refractivity contribution is -0.115. The standard InChI is InChI=1S/C18H20N4O2S/c1-11-5-6-15(9-12(11)2)22-8-7-19-18(22)25-14(4)17(23)20-16-10-13(3)24-21-16/h5-10,14H,1-4H3,(H,20,21,23)/t14-/m1/s1. The molecule has 0 bridgehead atoms. The Morgan fingerprint density at radius 3 is 2.72 bits per heavy atom. The third kappa shape index (κ3) is 3.93. The first-order valence-corrected chi connectivity index (χ1v) is 8.84. The summed E-state index contributed by atoms with van der Waals surface area (Å²) in [7, 11) is 0. The molecule has 1 amide bonds. The fraction of sp³-hybridized carbons (Fsp3) is 0.278. The maximum atomic E-state index is 12.3. The third-order valence-electron chi connectivity index (χ3n) is 3.91. The molecule has 2 heterocycles. The molecule has 1 N–H and O–H groups in total. The molecule has 0 unspecified atom stereocenters. The van der Waals surface area contributed by atoms with Gasteiger partial charge in [-0.2, -0.15) is 0 Å². The lowest BCUT2D eigenvalue weighted by Gasteiger charge is -2.13. The van der Waals surface area contributed by atoms with Crippen molar-refractivity contribution in [1.82, 2.24) is 14.7 Å². The molecule has 7 heteroatoms. The van der Waals surface area contributed by atoms with Gasteiger partial charge in [0.2, 0.25) is 5.91 Å². The van der Waals surface area contributed by atoms with Gasteiger partial charge < -0.3 is 9.84 Å². The van der Waals surface area contributed by atoms with E-state index >= 15 is 0 Å². The molecule has 0 fully saturated rings. The molecule has 0 saturated carbocycles. The number of aromatic nitrogens is 3. The smallest absolute Gasteiger partial charge is 0.238 e. The Labute approximate surface area is 150 Å². The van der Waals surface area contributed by atoms with Gasteiger partial charge in [-0.25, -0.2) is 4.98 Å². The summed E-state index contributed by atoms with van der Waals surface area (Å²) in [4.78, 5) is 16.7. The van der Waals surface area contributed by atoms with E-state index in [0.717, 1.165) is 10.8 Å². The molecule has 2 aromatic heterocycles. The first kappa shape index (κ1) is 17.3. The average molecular weight is 356 g/mol. The van der Waals surface area contributed by atoms with E-state index < -0.39 is 0 Å². The molecule has 0 aliphatic heterocycles. The van der Waals surface area contributed by atoms with Gasteiger partial charge in [-0.15, -0.1) is 0 Å². The summed E-state index contributed by atoms with van der Waals surface area (Å²) in [6.45, 7) is 7.78. The van der Waals surface area contributed by atoms with Crippen LogP contribution in [0.1, 0.15) is 23.8 Å². The molecule has 1 atom stereocenters. The Hall–Kier alpha value is -2.54. The lowest BCUT2D eigenvalue weighted by Crippen LogP contribution is -2.23. The van der Waals surface area contributed by atoms with Gasteiger partial charge >= 0.3 is 0 Å². The van der Waals surface area contributed by atoms with Gasteiger partial charge in [0.05, 0.1) is 5.25 Å². The number of aryl methyl sites for hydroxylation is 3. The normalized spacial score (nSPS) is 12.2. The zero-order valence-corrected chi connectivity index (χ0v) is 15.4. The zero-order chi connectivity index (χ0) is 18.0. The van der Waals surface area contributed by atoms with Gasteiger partial charge in [0.1, 0.15) is 5.76 Å². The quantitative estimate of drug-likeness (QED) is 0.702. The van der Waals surface area contributed by atoms with E-state index in [-0.39, 0.29) is 11.2 Å². The summed E-state index contributed by atoms with van der Waals surface area (Å²) in [5, 5.41) is 6.97. The van der Waals surface area contributed by atoms with Crippen LogP contribution in [0.2, 0.25) is 0 Å². The highest BCUT2D eigenvalue weighted by Gasteiger charge is 2.19. The number of carbonyl (C=O) groups is 1. The summed E-state index contributed by atoms with van der Waals surface area (Å²) >= 11 is 1.40. The first-order valence-electron chi connectivity index (χ1n) is 7.96. The molecule has 6 nitrogen and oxygen atoms in total. The van der Waals surface area contributed by atoms with E-state index in [0.29, 0.717) is 11.6 Å². The van der Waals surface area contributed by atoms with Gasteiger partial charge in [0.15, 0.2) is 11.0 Å². The van der Waals surface area contributed by atoms with E-state index in [1.807, 2.05) is 17.7 Å². The van der Waals surface area contributed by atoms with Crippen LogP contribution in [-0.2, 0) is 4.79 Å². The summed E-state index contributed by atoms with van der Waals surface area (Å²) in [6.07, 6.45) is 3.64. The van der Waals surface area contributed by atoms with Crippen molar-refractivity contribution in [1.29, 1.82) is 0 Å². The number of nitrogens with one attached hydrogen (secondary N) is 1. The molecular formula is C18H20N4O2S. The topological polar surface area (TPSA) is 73.0 Å². The van der Waals surface area contributed by atoms with Crippen LogP contribution in [0.25, 0.3) is 5.69 Å². The van der Waals surface area contributed by atoms with E-state index in [9.17, 15) is 4.79 Å². The minimum Gasteiger partial charge on any atom is -0.360 e. The number of hydrogen-bond acceptors (Lipinski definition) is 5. The fourth-order valence-corrected chi connectivity index (χ4v) is 3.20. The molecule has 25 heavy (non-hydrogen) atoms. The van der Waals surface area contributed by atoms with E-state index in [2.05, 4.69) is 47.5 Å².